The molecule has 3 atom stereocenters. The Bertz CT molecular complexity index is 367. The van der Waals surface area contributed by atoms with E-state index < -0.39 is 0 Å². The average molecular weight is 297 g/mol. The average Bonchev–Trinajstić information content (AvgIpc) is 2.47. The van der Waals surface area contributed by atoms with Gasteiger partial charge in [0.15, 0.2) is 0 Å². The Morgan fingerprint density at radius 2 is 1.90 bits per heavy atom. The van der Waals surface area contributed by atoms with Crippen LogP contribution in [0, 0.1) is 0 Å². The standard InChI is InChI=1S/C16H27NO2S/c1-5-10-17-16(11-20-13(3)12(2)18)14-6-8-15(19-4)9-7-14/h6-9,12-13,16-18H,5,10-11H2,1-4H3. The van der Waals surface area contributed by atoms with E-state index in [-0.39, 0.29) is 11.4 Å². The zero-order chi connectivity index (χ0) is 15.0. The molecule has 0 spiro atoms. The van der Waals surface area contributed by atoms with Gasteiger partial charge in [-0.1, -0.05) is 26.0 Å². The molecule has 0 aliphatic heterocycles. The number of hydrogen-bond acceptors (Lipinski definition) is 4. The number of benzene rings is 1. The molecule has 0 heterocycles. The van der Waals surface area contributed by atoms with Crippen molar-refractivity contribution in [3.8, 4) is 5.75 Å². The molecule has 4 heteroatoms. The quantitative estimate of drug-likeness (QED) is 0.734. The number of hydrogen-bond donors (Lipinski definition) is 2. The Morgan fingerprint density at radius 1 is 1.25 bits per heavy atom. The van der Waals surface area contributed by atoms with Gasteiger partial charge < -0.3 is 15.2 Å². The second-order valence-electron chi connectivity index (χ2n) is 5.06. The molecule has 1 aromatic rings. The first-order valence-electron chi connectivity index (χ1n) is 7.25. The van der Waals surface area contributed by atoms with Gasteiger partial charge in [-0.3, -0.25) is 0 Å². The normalized spacial score (nSPS) is 15.7. The summed E-state index contributed by atoms with van der Waals surface area (Å²) in [6, 6.07) is 8.53. The van der Waals surface area contributed by atoms with Crippen LogP contribution in [-0.2, 0) is 0 Å². The monoisotopic (exact) mass is 297 g/mol. The largest absolute Gasteiger partial charge is 0.497 e. The first-order valence-corrected chi connectivity index (χ1v) is 8.30. The van der Waals surface area contributed by atoms with Crippen LogP contribution in [0.2, 0.25) is 0 Å². The number of thioether (sulfide) groups is 1. The fourth-order valence-electron chi connectivity index (χ4n) is 1.82. The van der Waals surface area contributed by atoms with Gasteiger partial charge in [0.2, 0.25) is 0 Å². The van der Waals surface area contributed by atoms with Crippen LogP contribution >= 0.6 is 11.8 Å². The highest BCUT2D eigenvalue weighted by Crippen LogP contribution is 2.24. The minimum Gasteiger partial charge on any atom is -0.497 e. The van der Waals surface area contributed by atoms with Crippen molar-refractivity contribution in [3.63, 3.8) is 0 Å². The van der Waals surface area contributed by atoms with Gasteiger partial charge in [0.25, 0.3) is 0 Å². The Kier molecular flexibility index (Phi) is 8.04. The fraction of sp³-hybridized carbons (Fsp3) is 0.625. The third-order valence-corrected chi connectivity index (χ3v) is 4.81. The molecule has 1 rings (SSSR count). The van der Waals surface area contributed by atoms with Crippen LogP contribution in [0.4, 0.5) is 0 Å². The lowest BCUT2D eigenvalue weighted by atomic mass is 10.1. The second-order valence-corrected chi connectivity index (χ2v) is 6.47. The molecule has 114 valence electrons. The maximum atomic E-state index is 9.59. The lowest BCUT2D eigenvalue weighted by Crippen LogP contribution is -2.26. The molecule has 0 saturated heterocycles. The zero-order valence-electron chi connectivity index (χ0n) is 12.9. The van der Waals surface area contributed by atoms with Crippen molar-refractivity contribution in [1.29, 1.82) is 0 Å². The van der Waals surface area contributed by atoms with Gasteiger partial charge in [-0.25, -0.2) is 0 Å². The third kappa shape index (κ3) is 5.73. The topological polar surface area (TPSA) is 41.5 Å². The number of methoxy groups -OCH3 is 1. The second kappa shape index (κ2) is 9.27. The zero-order valence-corrected chi connectivity index (χ0v) is 13.7. The van der Waals surface area contributed by atoms with E-state index in [1.54, 1.807) is 18.9 Å². The summed E-state index contributed by atoms with van der Waals surface area (Å²) in [6.07, 6.45) is 0.839. The lowest BCUT2D eigenvalue weighted by molar-refractivity contribution is 0.196. The number of rotatable bonds is 9. The highest BCUT2D eigenvalue weighted by atomic mass is 32.2. The summed E-state index contributed by atoms with van der Waals surface area (Å²) < 4.78 is 5.20. The minimum atomic E-state index is -0.275. The molecule has 0 aliphatic rings. The van der Waals surface area contributed by atoms with Crippen molar-refractivity contribution in [2.75, 3.05) is 19.4 Å². The molecular weight excluding hydrogens is 270 g/mol. The number of aliphatic hydroxyl groups excluding tert-OH is 1. The molecule has 20 heavy (non-hydrogen) atoms. The van der Waals surface area contributed by atoms with Crippen LogP contribution in [0.1, 0.15) is 38.8 Å². The van der Waals surface area contributed by atoms with Gasteiger partial charge >= 0.3 is 0 Å². The lowest BCUT2D eigenvalue weighted by Gasteiger charge is -2.22. The Balaban J connectivity index is 2.66. The molecule has 0 saturated carbocycles. The SMILES string of the molecule is CCCNC(CSC(C)C(C)O)c1ccc(OC)cc1. The summed E-state index contributed by atoms with van der Waals surface area (Å²) in [5.41, 5.74) is 1.27. The first-order chi connectivity index (χ1) is 9.58. The maximum Gasteiger partial charge on any atom is 0.118 e. The van der Waals surface area contributed by atoms with E-state index in [2.05, 4.69) is 31.3 Å². The van der Waals surface area contributed by atoms with Crippen LogP contribution in [0.15, 0.2) is 24.3 Å². The molecule has 0 bridgehead atoms. The smallest absolute Gasteiger partial charge is 0.118 e. The van der Waals surface area contributed by atoms with Gasteiger partial charge in [0.1, 0.15) is 5.75 Å². The van der Waals surface area contributed by atoms with Crippen LogP contribution in [0.5, 0.6) is 5.75 Å². The van der Waals surface area contributed by atoms with Gasteiger partial charge in [-0.05, 0) is 37.6 Å². The summed E-state index contributed by atoms with van der Waals surface area (Å²) >= 11 is 1.80. The van der Waals surface area contributed by atoms with Crippen LogP contribution in [0.3, 0.4) is 0 Å². The van der Waals surface area contributed by atoms with Crippen molar-refractivity contribution in [3.05, 3.63) is 29.8 Å². The summed E-state index contributed by atoms with van der Waals surface area (Å²) in [5, 5.41) is 13.4. The van der Waals surface area contributed by atoms with E-state index in [4.69, 9.17) is 4.74 Å². The van der Waals surface area contributed by atoms with E-state index in [0.717, 1.165) is 24.5 Å². The summed E-state index contributed by atoms with van der Waals surface area (Å²) in [7, 11) is 1.68. The van der Waals surface area contributed by atoms with Crippen LogP contribution < -0.4 is 10.1 Å². The predicted molar refractivity (Wildman–Crippen MR) is 87.6 cm³/mol. The molecular formula is C16H27NO2S. The van der Waals surface area contributed by atoms with Gasteiger partial charge in [0.05, 0.1) is 13.2 Å². The molecule has 0 radical (unpaired) electrons. The Hall–Kier alpha value is -0.710. The van der Waals surface area contributed by atoms with Gasteiger partial charge in [-0.15, -0.1) is 0 Å². The van der Waals surface area contributed by atoms with Gasteiger partial charge in [-0.2, -0.15) is 11.8 Å². The molecule has 3 nitrogen and oxygen atoms in total. The van der Waals surface area contributed by atoms with Crippen molar-refractivity contribution in [2.45, 2.75) is 44.6 Å². The van der Waals surface area contributed by atoms with Crippen LogP contribution in [0.25, 0.3) is 0 Å². The van der Waals surface area contributed by atoms with E-state index >= 15 is 0 Å². The molecule has 1 aromatic carbocycles. The number of ether oxygens (including phenoxy) is 1. The van der Waals surface area contributed by atoms with Crippen molar-refractivity contribution in [1.82, 2.24) is 5.32 Å². The Labute approximate surface area is 127 Å². The van der Waals surface area contributed by atoms with Crippen molar-refractivity contribution < 1.29 is 9.84 Å². The minimum absolute atomic E-state index is 0.249. The molecule has 3 unspecified atom stereocenters. The summed E-state index contributed by atoms with van der Waals surface area (Å²) in [4.78, 5) is 0. The predicted octanol–water partition coefficient (Wildman–Crippen LogP) is 3.24. The maximum absolute atomic E-state index is 9.59. The van der Waals surface area contributed by atoms with E-state index in [1.807, 2.05) is 19.1 Å². The fourth-order valence-corrected chi connectivity index (χ4v) is 2.90. The molecule has 2 N–H and O–H groups in total. The van der Waals surface area contributed by atoms with Crippen molar-refractivity contribution >= 4 is 11.8 Å². The molecule has 0 aromatic heterocycles. The summed E-state index contributed by atoms with van der Waals surface area (Å²) in [5.74, 6) is 1.84. The van der Waals surface area contributed by atoms with E-state index in [0.29, 0.717) is 6.04 Å². The third-order valence-electron chi connectivity index (χ3n) is 3.36. The molecule has 0 amide bonds. The Morgan fingerprint density at radius 3 is 2.40 bits per heavy atom. The highest BCUT2D eigenvalue weighted by Gasteiger charge is 2.15. The number of nitrogens with one attached hydrogen (secondary N) is 1. The molecule has 0 aliphatic carbocycles. The van der Waals surface area contributed by atoms with E-state index in [9.17, 15) is 5.11 Å². The van der Waals surface area contributed by atoms with Crippen molar-refractivity contribution in [2.24, 2.45) is 0 Å². The first kappa shape index (κ1) is 17.3. The van der Waals surface area contributed by atoms with Crippen LogP contribution in [-0.4, -0.2) is 35.9 Å². The number of aliphatic hydroxyl groups is 1. The summed E-state index contributed by atoms with van der Waals surface area (Å²) in [6.45, 7) is 7.09. The highest BCUT2D eigenvalue weighted by molar-refractivity contribution is 7.99. The molecule has 0 fully saturated rings. The van der Waals surface area contributed by atoms with Gasteiger partial charge in [0, 0.05) is 17.0 Å². The van der Waals surface area contributed by atoms with E-state index in [1.165, 1.54) is 5.56 Å².